The Morgan fingerprint density at radius 3 is 2.29 bits per heavy atom. The second kappa shape index (κ2) is 5.38. The van der Waals surface area contributed by atoms with Crippen LogP contribution in [0.3, 0.4) is 0 Å². The summed E-state index contributed by atoms with van der Waals surface area (Å²) in [5, 5.41) is 6.79. The molecule has 0 atom stereocenters. The summed E-state index contributed by atoms with van der Waals surface area (Å²) in [7, 11) is 0. The molecule has 0 unspecified atom stereocenters. The van der Waals surface area contributed by atoms with Gasteiger partial charge in [-0.3, -0.25) is 9.59 Å². The second-order valence-electron chi connectivity index (χ2n) is 3.41. The molecule has 0 saturated carbocycles. The van der Waals surface area contributed by atoms with E-state index in [1.54, 1.807) is 0 Å². The monoisotopic (exact) mass is 240 g/mol. The Morgan fingerprint density at radius 1 is 1.18 bits per heavy atom. The van der Waals surface area contributed by atoms with E-state index < -0.39 is 29.2 Å². The Balaban J connectivity index is 3.00. The fraction of sp³-hybridized carbons (Fsp3) is 0.273. The number of halogens is 2. The highest BCUT2D eigenvalue weighted by Gasteiger charge is 2.18. The summed E-state index contributed by atoms with van der Waals surface area (Å²) in [6, 6.07) is 2.11. The van der Waals surface area contributed by atoms with Crippen LogP contribution in [0.15, 0.2) is 28.4 Å². The number of hydrogen-bond donors (Lipinski definition) is 0. The molecular weight excluding hydrogens is 230 g/mol. The molecule has 0 bridgehead atoms. The molecular formula is C11H10F2N2O2. The number of benzene rings is 1. The third-order valence-corrected chi connectivity index (χ3v) is 1.98. The number of rotatable bonds is 4. The van der Waals surface area contributed by atoms with Gasteiger partial charge in [-0.25, -0.2) is 8.78 Å². The van der Waals surface area contributed by atoms with Gasteiger partial charge in [0, 0.05) is 0 Å². The van der Waals surface area contributed by atoms with Crippen molar-refractivity contribution in [2.45, 2.75) is 19.9 Å². The number of carbonyl (C=O) groups excluding carboxylic acids is 2. The highest BCUT2D eigenvalue weighted by molar-refractivity contribution is 6.04. The summed E-state index contributed by atoms with van der Waals surface area (Å²) in [6.45, 7) is 2.35. The smallest absolute Gasteiger partial charge is 0.187 e. The van der Waals surface area contributed by atoms with Gasteiger partial charge in [-0.1, -0.05) is 6.07 Å². The zero-order chi connectivity index (χ0) is 13.0. The number of ketones is 2. The molecule has 0 N–H and O–H groups in total. The van der Waals surface area contributed by atoms with Crippen LogP contribution in [0, 0.1) is 11.6 Å². The number of azo groups is 1. The van der Waals surface area contributed by atoms with Crippen LogP contribution in [0.25, 0.3) is 0 Å². The maximum absolute atomic E-state index is 13.2. The first kappa shape index (κ1) is 13.1. The van der Waals surface area contributed by atoms with Gasteiger partial charge in [-0.05, 0) is 26.0 Å². The van der Waals surface area contributed by atoms with Gasteiger partial charge in [-0.15, -0.1) is 0 Å². The molecule has 6 heteroatoms. The van der Waals surface area contributed by atoms with Crippen LogP contribution >= 0.6 is 0 Å². The molecule has 1 rings (SSSR count). The first-order valence-corrected chi connectivity index (χ1v) is 4.79. The van der Waals surface area contributed by atoms with E-state index in [-0.39, 0.29) is 5.69 Å². The first-order chi connectivity index (χ1) is 7.93. The van der Waals surface area contributed by atoms with Gasteiger partial charge >= 0.3 is 0 Å². The van der Waals surface area contributed by atoms with Gasteiger partial charge < -0.3 is 0 Å². The van der Waals surface area contributed by atoms with Crippen LogP contribution in [0.5, 0.6) is 0 Å². The normalized spacial score (nSPS) is 11.1. The predicted octanol–water partition coefficient (Wildman–Crippen LogP) is 2.60. The molecule has 1 aromatic carbocycles. The molecule has 0 fully saturated rings. The van der Waals surface area contributed by atoms with Crippen molar-refractivity contribution in [1.29, 1.82) is 0 Å². The fourth-order valence-corrected chi connectivity index (χ4v) is 1.14. The molecule has 0 aliphatic rings. The summed E-state index contributed by atoms with van der Waals surface area (Å²) >= 11 is 0. The van der Waals surface area contributed by atoms with Gasteiger partial charge in [0.15, 0.2) is 29.2 Å². The molecule has 0 spiro atoms. The summed E-state index contributed by atoms with van der Waals surface area (Å²) in [5.74, 6) is -3.23. The Labute approximate surface area is 96.4 Å². The molecule has 0 aliphatic heterocycles. The van der Waals surface area contributed by atoms with E-state index in [1.807, 2.05) is 0 Å². The lowest BCUT2D eigenvalue weighted by molar-refractivity contribution is -0.126. The highest BCUT2D eigenvalue weighted by atomic mass is 19.2. The van der Waals surface area contributed by atoms with Gasteiger partial charge in [-0.2, -0.15) is 10.2 Å². The molecule has 0 amide bonds. The number of Topliss-reactive ketones (excluding diaryl/α,β-unsaturated/α-hetero) is 2. The van der Waals surface area contributed by atoms with Crippen LogP contribution < -0.4 is 0 Å². The molecule has 1 aromatic rings. The van der Waals surface area contributed by atoms with Crippen LogP contribution in [0.2, 0.25) is 0 Å². The summed E-state index contributed by atoms with van der Waals surface area (Å²) in [6.07, 6.45) is 0. The Kier molecular flexibility index (Phi) is 4.14. The van der Waals surface area contributed by atoms with Gasteiger partial charge in [0.05, 0.1) is 0 Å². The molecule has 0 aliphatic carbocycles. The molecule has 0 aromatic heterocycles. The maximum Gasteiger partial charge on any atom is 0.187 e. The number of hydrogen-bond acceptors (Lipinski definition) is 4. The summed E-state index contributed by atoms with van der Waals surface area (Å²) < 4.78 is 26.0. The average Bonchev–Trinajstić information content (AvgIpc) is 2.23. The van der Waals surface area contributed by atoms with Crippen molar-refractivity contribution in [3.8, 4) is 0 Å². The van der Waals surface area contributed by atoms with E-state index in [1.165, 1.54) is 26.0 Å². The predicted molar refractivity (Wildman–Crippen MR) is 56.0 cm³/mol. The van der Waals surface area contributed by atoms with E-state index in [9.17, 15) is 18.4 Å². The zero-order valence-corrected chi connectivity index (χ0v) is 9.28. The Hall–Kier alpha value is -1.98. The number of nitrogens with zero attached hydrogens (tertiary/aromatic N) is 2. The quantitative estimate of drug-likeness (QED) is 0.600. The van der Waals surface area contributed by atoms with E-state index in [2.05, 4.69) is 10.2 Å². The lowest BCUT2D eigenvalue weighted by Gasteiger charge is -2.02. The van der Waals surface area contributed by atoms with Crippen molar-refractivity contribution in [1.82, 2.24) is 0 Å². The minimum atomic E-state index is -1.27. The van der Waals surface area contributed by atoms with Gasteiger partial charge in [0.2, 0.25) is 0 Å². The standard InChI is InChI=1S/C11H10F2N2O2/c1-6(16)11(7(2)17)15-14-9-5-3-4-8(12)10(9)13/h3-5,11H,1-2H3. The largest absolute Gasteiger partial charge is 0.297 e. The Bertz CT molecular complexity index is 472. The number of carbonyl (C=O) groups is 2. The van der Waals surface area contributed by atoms with Crippen molar-refractivity contribution in [3.05, 3.63) is 29.8 Å². The van der Waals surface area contributed by atoms with E-state index in [0.29, 0.717) is 0 Å². The summed E-state index contributed by atoms with van der Waals surface area (Å²) in [5.41, 5.74) is -0.350. The zero-order valence-electron chi connectivity index (χ0n) is 9.28. The molecule has 17 heavy (non-hydrogen) atoms. The van der Waals surface area contributed by atoms with Crippen LogP contribution in [-0.4, -0.2) is 17.6 Å². The highest BCUT2D eigenvalue weighted by Crippen LogP contribution is 2.20. The first-order valence-electron chi connectivity index (χ1n) is 4.79. The second-order valence-corrected chi connectivity index (χ2v) is 3.41. The van der Waals surface area contributed by atoms with Crippen LogP contribution in [0.1, 0.15) is 13.8 Å². The Morgan fingerprint density at radius 2 is 1.76 bits per heavy atom. The fourth-order valence-electron chi connectivity index (χ4n) is 1.14. The third kappa shape index (κ3) is 3.24. The van der Waals surface area contributed by atoms with Crippen molar-refractivity contribution < 1.29 is 18.4 Å². The van der Waals surface area contributed by atoms with Gasteiger partial charge in [0.1, 0.15) is 5.69 Å². The van der Waals surface area contributed by atoms with Crippen molar-refractivity contribution in [2.75, 3.05) is 0 Å². The average molecular weight is 240 g/mol. The van der Waals surface area contributed by atoms with Crippen molar-refractivity contribution >= 4 is 17.3 Å². The lowest BCUT2D eigenvalue weighted by atomic mass is 10.1. The van der Waals surface area contributed by atoms with Crippen LogP contribution in [0.4, 0.5) is 14.5 Å². The molecule has 4 nitrogen and oxygen atoms in total. The topological polar surface area (TPSA) is 58.9 Å². The minimum Gasteiger partial charge on any atom is -0.297 e. The lowest BCUT2D eigenvalue weighted by Crippen LogP contribution is -2.23. The van der Waals surface area contributed by atoms with Crippen molar-refractivity contribution in [2.24, 2.45) is 10.2 Å². The molecule has 0 radical (unpaired) electrons. The SMILES string of the molecule is CC(=O)C(N=Nc1cccc(F)c1F)C(C)=O. The molecule has 90 valence electrons. The molecule has 0 saturated heterocycles. The van der Waals surface area contributed by atoms with Crippen LogP contribution in [-0.2, 0) is 9.59 Å². The van der Waals surface area contributed by atoms with E-state index in [0.717, 1.165) is 6.07 Å². The molecule has 0 heterocycles. The maximum atomic E-state index is 13.2. The van der Waals surface area contributed by atoms with E-state index >= 15 is 0 Å². The summed E-state index contributed by atoms with van der Waals surface area (Å²) in [4.78, 5) is 22.0. The van der Waals surface area contributed by atoms with E-state index in [4.69, 9.17) is 0 Å². The van der Waals surface area contributed by atoms with Crippen molar-refractivity contribution in [3.63, 3.8) is 0 Å². The van der Waals surface area contributed by atoms with Gasteiger partial charge in [0.25, 0.3) is 0 Å². The third-order valence-electron chi connectivity index (χ3n) is 1.98. The minimum absolute atomic E-state index is 0.350.